The molecule has 184 valence electrons. The zero-order valence-corrected chi connectivity index (χ0v) is 21.0. The topological polar surface area (TPSA) is 102 Å². The van der Waals surface area contributed by atoms with Gasteiger partial charge < -0.3 is 15.2 Å². The van der Waals surface area contributed by atoms with E-state index in [-0.39, 0.29) is 23.8 Å². The Kier molecular flexibility index (Phi) is 8.24. The maximum atomic E-state index is 13.9. The molecule has 2 N–H and O–H groups in total. The van der Waals surface area contributed by atoms with E-state index in [1.165, 1.54) is 41.3 Å². The van der Waals surface area contributed by atoms with Crippen molar-refractivity contribution < 1.29 is 14.0 Å². The number of carbonyl (C=O) groups excluding carboxylic acids is 2. The van der Waals surface area contributed by atoms with Crippen LogP contribution in [0.5, 0.6) is 0 Å². The molecule has 2 aromatic heterocycles. The van der Waals surface area contributed by atoms with Gasteiger partial charge in [-0.1, -0.05) is 60.3 Å². The number of thioether (sulfide) groups is 1. The number of thiazole rings is 1. The van der Waals surface area contributed by atoms with Gasteiger partial charge in [-0.15, -0.1) is 28.1 Å². The monoisotopic (exact) mass is 522 g/mol. The number of allylic oxidation sites excluding steroid dienone is 1. The van der Waals surface area contributed by atoms with Crippen LogP contribution in [0.15, 0.2) is 72.4 Å². The molecule has 11 heteroatoms. The molecular weight excluding hydrogens is 499 g/mol. The summed E-state index contributed by atoms with van der Waals surface area (Å²) in [6.07, 6.45) is 1.67. The van der Waals surface area contributed by atoms with E-state index < -0.39 is 11.7 Å². The summed E-state index contributed by atoms with van der Waals surface area (Å²) < 4.78 is 15.6. The Morgan fingerprint density at radius 3 is 2.64 bits per heavy atom. The molecule has 2 aromatic carbocycles. The first-order valence-electron chi connectivity index (χ1n) is 11.0. The van der Waals surface area contributed by atoms with Gasteiger partial charge in [0.15, 0.2) is 16.1 Å². The Balaban J connectivity index is 1.37. The number of hydrogen-bond donors (Lipinski definition) is 2. The molecule has 0 saturated carbocycles. The molecule has 0 aliphatic carbocycles. The minimum absolute atomic E-state index is 0.0431. The van der Waals surface area contributed by atoms with Gasteiger partial charge in [0.1, 0.15) is 5.82 Å². The number of halogens is 1. The number of amides is 2. The average Bonchev–Trinajstić information content (AvgIpc) is 3.44. The molecule has 0 unspecified atom stereocenters. The van der Waals surface area contributed by atoms with Crippen molar-refractivity contribution in [1.82, 2.24) is 25.1 Å². The van der Waals surface area contributed by atoms with Gasteiger partial charge in [-0.3, -0.25) is 9.59 Å². The number of hydrogen-bond acceptors (Lipinski definition) is 7. The third-order valence-corrected chi connectivity index (χ3v) is 6.91. The molecule has 0 bridgehead atoms. The smallest absolute Gasteiger partial charge is 0.254 e. The fraction of sp³-hybridized carbons (Fsp3) is 0.160. The number of anilines is 1. The molecule has 0 fully saturated rings. The third-order valence-electron chi connectivity index (χ3n) is 5.05. The van der Waals surface area contributed by atoms with E-state index in [0.29, 0.717) is 22.7 Å². The predicted molar refractivity (Wildman–Crippen MR) is 139 cm³/mol. The predicted octanol–water partition coefficient (Wildman–Crippen LogP) is 4.70. The lowest BCUT2D eigenvalue weighted by molar-refractivity contribution is -0.113. The Bertz CT molecular complexity index is 1390. The third kappa shape index (κ3) is 6.04. The highest BCUT2D eigenvalue weighted by Crippen LogP contribution is 2.30. The van der Waals surface area contributed by atoms with E-state index in [0.717, 1.165) is 16.1 Å². The molecule has 0 aliphatic rings. The van der Waals surface area contributed by atoms with Crippen LogP contribution in [0.1, 0.15) is 21.1 Å². The summed E-state index contributed by atoms with van der Waals surface area (Å²) in [5, 5.41) is 14.8. The summed E-state index contributed by atoms with van der Waals surface area (Å²) in [6.45, 7) is 6.14. The molecule has 0 aliphatic heterocycles. The van der Waals surface area contributed by atoms with Crippen molar-refractivity contribution in [2.45, 2.75) is 25.2 Å². The number of aryl methyl sites for hydroxylation is 1. The number of carbonyl (C=O) groups is 2. The van der Waals surface area contributed by atoms with Gasteiger partial charge in [0.2, 0.25) is 5.91 Å². The fourth-order valence-corrected chi connectivity index (χ4v) is 4.99. The van der Waals surface area contributed by atoms with E-state index in [1.807, 2.05) is 37.3 Å². The van der Waals surface area contributed by atoms with Crippen LogP contribution < -0.4 is 10.6 Å². The lowest BCUT2D eigenvalue weighted by Crippen LogP contribution is -2.25. The molecule has 0 atom stereocenters. The Labute approximate surface area is 215 Å². The van der Waals surface area contributed by atoms with Gasteiger partial charge in [-0.05, 0) is 19.1 Å². The van der Waals surface area contributed by atoms with E-state index >= 15 is 0 Å². The van der Waals surface area contributed by atoms with Crippen molar-refractivity contribution in [2.75, 3.05) is 11.1 Å². The molecule has 8 nitrogen and oxygen atoms in total. The summed E-state index contributed by atoms with van der Waals surface area (Å²) in [4.78, 5) is 30.5. The lowest BCUT2D eigenvalue weighted by Gasteiger charge is -2.09. The highest BCUT2D eigenvalue weighted by atomic mass is 32.2. The maximum Gasteiger partial charge on any atom is 0.254 e. The molecule has 36 heavy (non-hydrogen) atoms. The van der Waals surface area contributed by atoms with Crippen molar-refractivity contribution in [3.05, 3.63) is 89.3 Å². The Morgan fingerprint density at radius 2 is 1.89 bits per heavy atom. The zero-order valence-electron chi connectivity index (χ0n) is 19.4. The van der Waals surface area contributed by atoms with Crippen molar-refractivity contribution in [1.29, 1.82) is 0 Å². The quantitative estimate of drug-likeness (QED) is 0.231. The van der Waals surface area contributed by atoms with Gasteiger partial charge >= 0.3 is 0 Å². The van der Waals surface area contributed by atoms with E-state index in [1.54, 1.807) is 16.7 Å². The highest BCUT2D eigenvalue weighted by molar-refractivity contribution is 7.99. The normalized spacial score (nSPS) is 10.7. The fourth-order valence-electron chi connectivity index (χ4n) is 3.37. The number of nitrogens with one attached hydrogen (secondary N) is 2. The number of aromatic nitrogens is 4. The highest BCUT2D eigenvalue weighted by Gasteiger charge is 2.17. The summed E-state index contributed by atoms with van der Waals surface area (Å²) in [6, 6.07) is 15.5. The summed E-state index contributed by atoms with van der Waals surface area (Å²) in [7, 11) is 0. The van der Waals surface area contributed by atoms with E-state index in [4.69, 9.17) is 0 Å². The summed E-state index contributed by atoms with van der Waals surface area (Å²) >= 11 is 2.63. The first-order valence-corrected chi connectivity index (χ1v) is 12.8. The van der Waals surface area contributed by atoms with Crippen LogP contribution in [0, 0.1) is 12.7 Å². The second-order valence-corrected chi connectivity index (χ2v) is 9.73. The molecular formula is C25H23FN6O2S2. The largest absolute Gasteiger partial charge is 0.345 e. The molecule has 0 saturated heterocycles. The maximum absolute atomic E-state index is 13.9. The first-order chi connectivity index (χ1) is 17.5. The van der Waals surface area contributed by atoms with Gasteiger partial charge in [-0.25, -0.2) is 9.37 Å². The van der Waals surface area contributed by atoms with Crippen molar-refractivity contribution in [3.8, 4) is 11.3 Å². The Hall–Kier alpha value is -3.83. The summed E-state index contributed by atoms with van der Waals surface area (Å²) in [5.41, 5.74) is 1.79. The molecule has 0 spiro atoms. The molecule has 2 heterocycles. The van der Waals surface area contributed by atoms with E-state index in [2.05, 4.69) is 32.4 Å². The van der Waals surface area contributed by atoms with Crippen LogP contribution in [-0.2, 0) is 17.9 Å². The van der Waals surface area contributed by atoms with Crippen molar-refractivity contribution in [2.24, 2.45) is 0 Å². The van der Waals surface area contributed by atoms with Crippen LogP contribution in [0.2, 0.25) is 0 Å². The molecule has 2 amide bonds. The zero-order chi connectivity index (χ0) is 25.5. The van der Waals surface area contributed by atoms with Gasteiger partial charge in [-0.2, -0.15) is 0 Å². The summed E-state index contributed by atoms with van der Waals surface area (Å²) in [5.74, 6) is -0.822. The number of nitrogens with zero attached hydrogens (tertiary/aromatic N) is 4. The van der Waals surface area contributed by atoms with Gasteiger partial charge in [0.05, 0.1) is 23.6 Å². The van der Waals surface area contributed by atoms with Gasteiger partial charge in [0, 0.05) is 17.0 Å². The van der Waals surface area contributed by atoms with Crippen molar-refractivity contribution >= 4 is 40.0 Å². The van der Waals surface area contributed by atoms with Crippen LogP contribution >= 0.6 is 23.1 Å². The van der Waals surface area contributed by atoms with Crippen LogP contribution in [-0.4, -0.2) is 37.3 Å². The second-order valence-electron chi connectivity index (χ2n) is 7.59. The van der Waals surface area contributed by atoms with Crippen molar-refractivity contribution in [3.63, 3.8) is 0 Å². The molecule has 4 rings (SSSR count). The van der Waals surface area contributed by atoms with Gasteiger partial charge in [0.25, 0.3) is 5.91 Å². The minimum Gasteiger partial charge on any atom is -0.345 e. The number of benzene rings is 2. The van der Waals surface area contributed by atoms with Crippen LogP contribution in [0.3, 0.4) is 0 Å². The van der Waals surface area contributed by atoms with Crippen LogP contribution in [0.25, 0.3) is 11.3 Å². The number of rotatable bonds is 10. The SMILES string of the molecule is C=CCn1c(CNC(=O)c2ccccc2F)nnc1SCC(=O)Nc1nc(-c2ccccc2)c(C)s1. The molecule has 0 radical (unpaired) electrons. The Morgan fingerprint density at radius 1 is 1.14 bits per heavy atom. The first kappa shape index (κ1) is 25.3. The van der Waals surface area contributed by atoms with Crippen LogP contribution in [0.4, 0.5) is 9.52 Å². The lowest BCUT2D eigenvalue weighted by atomic mass is 10.1. The molecule has 4 aromatic rings. The van der Waals surface area contributed by atoms with E-state index in [9.17, 15) is 14.0 Å². The second kappa shape index (κ2) is 11.7. The minimum atomic E-state index is -0.601. The average molecular weight is 523 g/mol. The standard InChI is InChI=1S/C25H23FN6O2S2/c1-3-13-32-20(14-27-23(34)18-11-7-8-12-19(18)26)30-31-25(32)35-15-21(33)28-24-29-22(16(2)36-24)17-9-5-4-6-10-17/h3-12H,1,13-15H2,2H3,(H,27,34)(H,28,29,33).